The molecule has 0 radical (unpaired) electrons. The van der Waals surface area contributed by atoms with Gasteiger partial charge in [-0.05, 0) is 87.9 Å². The minimum Gasteiger partial charge on any atom is -0.342 e. The molecule has 1 aliphatic heterocycles. The summed E-state index contributed by atoms with van der Waals surface area (Å²) in [4.78, 5) is 12.0. The Balaban J connectivity index is 1.52. The van der Waals surface area contributed by atoms with Crippen LogP contribution in [0.15, 0.2) is 35.5 Å². The Kier molecular flexibility index (Phi) is 4.05. The molecule has 4 aliphatic carbocycles. The zero-order valence-corrected chi connectivity index (χ0v) is 18.9. The first-order chi connectivity index (χ1) is 13.6. The van der Waals surface area contributed by atoms with E-state index in [1.807, 2.05) is 12.2 Å². The van der Waals surface area contributed by atoms with Crippen molar-refractivity contribution in [3.63, 3.8) is 0 Å². The summed E-state index contributed by atoms with van der Waals surface area (Å²) < 4.78 is 13.2. The van der Waals surface area contributed by atoms with Gasteiger partial charge < -0.3 is 9.47 Å². The van der Waals surface area contributed by atoms with Crippen LogP contribution in [0, 0.1) is 28.1 Å². The van der Waals surface area contributed by atoms with Gasteiger partial charge in [0.15, 0.2) is 12.1 Å². The van der Waals surface area contributed by atoms with Gasteiger partial charge in [-0.25, -0.2) is 0 Å². The highest BCUT2D eigenvalue weighted by atomic mass is 16.7. The molecule has 1 saturated heterocycles. The summed E-state index contributed by atoms with van der Waals surface area (Å²) in [5, 5.41) is 0. The molecule has 3 heteroatoms. The lowest BCUT2D eigenvalue weighted by molar-refractivity contribution is -0.178. The molecule has 5 rings (SSSR count). The lowest BCUT2D eigenvalue weighted by atomic mass is 9.41. The van der Waals surface area contributed by atoms with Crippen molar-refractivity contribution in [1.82, 2.24) is 0 Å². The average Bonchev–Trinajstić information content (AvgIpc) is 3.12. The second-order valence-electron chi connectivity index (χ2n) is 11.2. The fourth-order valence-corrected chi connectivity index (χ4v) is 8.14. The number of allylic oxidation sites excluding steroid dienone is 5. The molecule has 5 aliphatic rings. The van der Waals surface area contributed by atoms with Gasteiger partial charge in [-0.15, -0.1) is 0 Å². The fraction of sp³-hybridized carbons (Fsp3) is 0.731. The van der Waals surface area contributed by atoms with Crippen molar-refractivity contribution in [2.45, 2.75) is 91.6 Å². The topological polar surface area (TPSA) is 35.5 Å². The molecule has 0 aromatic carbocycles. The summed E-state index contributed by atoms with van der Waals surface area (Å²) in [6, 6.07) is 0. The van der Waals surface area contributed by atoms with Gasteiger partial charge in [-0.3, -0.25) is 4.79 Å². The SMILES string of the molecule is C/C=C(\C)[C@H]1O[C@@H]2C[C@H]3C4(C)CCC5=CC(=O)C=C[C@]5(C)[C@H]4CC[C@]3(C)[C@]2(C)O1. The molecular formula is C26H36O3. The Morgan fingerprint density at radius 3 is 2.66 bits per heavy atom. The minimum atomic E-state index is -0.226. The molecule has 8 atom stereocenters. The number of ether oxygens (including phenoxy) is 2. The fourth-order valence-electron chi connectivity index (χ4n) is 8.14. The Morgan fingerprint density at radius 2 is 1.93 bits per heavy atom. The standard InChI is InChI=1S/C26H36O3/c1-7-16(2)22-28-21-15-20-24(4)11-8-17-14-18(27)9-12-23(17,3)19(24)10-13-25(20,5)26(21,6)29-22/h7,9,12,14,19-22H,8,10-11,13,15H2,1-6H3/b16-7+/t19-,20+,21-,22+,23+,24?,25+,26-/m1/s1. The summed E-state index contributed by atoms with van der Waals surface area (Å²) in [7, 11) is 0. The summed E-state index contributed by atoms with van der Waals surface area (Å²) in [6.45, 7) is 13.9. The van der Waals surface area contributed by atoms with Crippen molar-refractivity contribution in [3.05, 3.63) is 35.5 Å². The molecule has 0 bridgehead atoms. The number of rotatable bonds is 1. The van der Waals surface area contributed by atoms with Crippen LogP contribution in [0.1, 0.15) is 73.6 Å². The van der Waals surface area contributed by atoms with Crippen LogP contribution < -0.4 is 0 Å². The van der Waals surface area contributed by atoms with Crippen molar-refractivity contribution in [1.29, 1.82) is 0 Å². The van der Waals surface area contributed by atoms with Gasteiger partial charge in [0, 0.05) is 10.8 Å². The van der Waals surface area contributed by atoms with E-state index in [0.717, 1.165) is 12.8 Å². The third-order valence-electron chi connectivity index (χ3n) is 10.2. The van der Waals surface area contributed by atoms with E-state index in [1.165, 1.54) is 30.4 Å². The first-order valence-corrected chi connectivity index (χ1v) is 11.5. The third kappa shape index (κ3) is 2.29. The van der Waals surface area contributed by atoms with Gasteiger partial charge in [0.2, 0.25) is 0 Å². The first-order valence-electron chi connectivity index (χ1n) is 11.5. The van der Waals surface area contributed by atoms with Crippen LogP contribution in [0.5, 0.6) is 0 Å². The molecule has 158 valence electrons. The number of carbonyl (C=O) groups is 1. The van der Waals surface area contributed by atoms with Gasteiger partial charge in [0.25, 0.3) is 0 Å². The smallest absolute Gasteiger partial charge is 0.180 e. The Morgan fingerprint density at radius 1 is 1.17 bits per heavy atom. The molecule has 0 N–H and O–H groups in total. The molecule has 0 amide bonds. The molecule has 1 unspecified atom stereocenters. The Labute approximate surface area is 175 Å². The van der Waals surface area contributed by atoms with E-state index in [2.05, 4.69) is 53.7 Å². The minimum absolute atomic E-state index is 0.0205. The van der Waals surface area contributed by atoms with Gasteiger partial charge in [0.1, 0.15) is 5.60 Å². The van der Waals surface area contributed by atoms with Crippen molar-refractivity contribution in [2.24, 2.45) is 28.1 Å². The predicted molar refractivity (Wildman–Crippen MR) is 114 cm³/mol. The molecule has 29 heavy (non-hydrogen) atoms. The highest BCUT2D eigenvalue weighted by Gasteiger charge is 2.72. The van der Waals surface area contributed by atoms with Gasteiger partial charge in [-0.2, -0.15) is 0 Å². The van der Waals surface area contributed by atoms with Crippen LogP contribution in [0.4, 0.5) is 0 Å². The predicted octanol–water partition coefficient (Wildman–Crippen LogP) is 5.76. The molecule has 1 heterocycles. The van der Waals surface area contributed by atoms with Crippen molar-refractivity contribution in [3.8, 4) is 0 Å². The first kappa shape index (κ1) is 19.8. The number of carbonyl (C=O) groups excluding carboxylic acids is 1. The van der Waals surface area contributed by atoms with Gasteiger partial charge in [-0.1, -0.05) is 38.5 Å². The summed E-state index contributed by atoms with van der Waals surface area (Å²) in [5.41, 5.74) is 2.70. The highest BCUT2D eigenvalue weighted by molar-refractivity contribution is 6.01. The van der Waals surface area contributed by atoms with E-state index < -0.39 is 0 Å². The average molecular weight is 397 g/mol. The second kappa shape index (κ2) is 5.95. The summed E-state index contributed by atoms with van der Waals surface area (Å²) in [5.74, 6) is 1.32. The van der Waals surface area contributed by atoms with Crippen LogP contribution in [0.2, 0.25) is 0 Å². The molecule has 4 fully saturated rings. The molecule has 0 aromatic rings. The zero-order valence-electron chi connectivity index (χ0n) is 18.9. The molecular weight excluding hydrogens is 360 g/mol. The van der Waals surface area contributed by atoms with Crippen LogP contribution in [0.3, 0.4) is 0 Å². The molecule has 3 saturated carbocycles. The van der Waals surface area contributed by atoms with E-state index >= 15 is 0 Å². The van der Waals surface area contributed by atoms with Crippen LogP contribution in [-0.2, 0) is 14.3 Å². The quantitative estimate of drug-likeness (QED) is 0.529. The molecule has 0 aromatic heterocycles. The lowest BCUT2D eigenvalue weighted by Gasteiger charge is -2.63. The third-order valence-corrected chi connectivity index (χ3v) is 10.2. The highest BCUT2D eigenvalue weighted by Crippen LogP contribution is 2.73. The number of ketones is 1. The Bertz CT molecular complexity index is 852. The van der Waals surface area contributed by atoms with Crippen molar-refractivity contribution >= 4 is 5.78 Å². The monoisotopic (exact) mass is 396 g/mol. The Hall–Kier alpha value is -1.19. The molecule has 0 spiro atoms. The summed E-state index contributed by atoms with van der Waals surface area (Å²) >= 11 is 0. The van der Waals surface area contributed by atoms with Crippen LogP contribution >= 0.6 is 0 Å². The van der Waals surface area contributed by atoms with E-state index in [4.69, 9.17) is 9.47 Å². The number of fused-ring (bicyclic) bond motifs is 7. The van der Waals surface area contributed by atoms with Crippen LogP contribution in [-0.4, -0.2) is 23.8 Å². The van der Waals surface area contributed by atoms with Crippen molar-refractivity contribution in [2.75, 3.05) is 0 Å². The largest absolute Gasteiger partial charge is 0.342 e. The van der Waals surface area contributed by atoms with Gasteiger partial charge in [0.05, 0.1) is 6.10 Å². The van der Waals surface area contributed by atoms with E-state index in [0.29, 0.717) is 11.8 Å². The van der Waals surface area contributed by atoms with E-state index in [9.17, 15) is 4.79 Å². The maximum atomic E-state index is 12.0. The van der Waals surface area contributed by atoms with E-state index in [-0.39, 0.29) is 40.0 Å². The normalized spacial score (nSPS) is 53.8. The van der Waals surface area contributed by atoms with Gasteiger partial charge >= 0.3 is 0 Å². The number of hydrogen-bond donors (Lipinski definition) is 0. The zero-order chi connectivity index (χ0) is 20.8. The van der Waals surface area contributed by atoms with Crippen molar-refractivity contribution < 1.29 is 14.3 Å². The maximum Gasteiger partial charge on any atom is 0.180 e. The summed E-state index contributed by atoms with van der Waals surface area (Å²) in [6.07, 6.45) is 13.7. The lowest BCUT2D eigenvalue weighted by Crippen LogP contribution is -2.59. The van der Waals surface area contributed by atoms with E-state index in [1.54, 1.807) is 0 Å². The van der Waals surface area contributed by atoms with Crippen LogP contribution in [0.25, 0.3) is 0 Å². The number of hydrogen-bond acceptors (Lipinski definition) is 3. The second-order valence-corrected chi connectivity index (χ2v) is 11.2. The molecule has 3 nitrogen and oxygen atoms in total. The maximum absolute atomic E-state index is 12.0.